The monoisotopic (exact) mass is 329 g/mol. The van der Waals surface area contributed by atoms with E-state index < -0.39 is 17.8 Å². The highest BCUT2D eigenvalue weighted by Gasteiger charge is 2.25. The van der Waals surface area contributed by atoms with Gasteiger partial charge >= 0.3 is 0 Å². The number of benzene rings is 1. The van der Waals surface area contributed by atoms with E-state index in [4.69, 9.17) is 0 Å². The standard InChI is InChI=1S/C14H17BrFNO2/c15-9-5-4-6-10(16)13(9)14(19)17-11-7-2-1-3-8-12(11)18/h4-6,11-12,18H,1-3,7-8H2,(H,17,19). The molecule has 0 radical (unpaired) electrons. The average molecular weight is 330 g/mol. The largest absolute Gasteiger partial charge is 0.391 e. The predicted molar refractivity (Wildman–Crippen MR) is 74.4 cm³/mol. The second-order valence-corrected chi connectivity index (χ2v) is 5.74. The SMILES string of the molecule is O=C(NC1CCCCCC1O)c1c(F)cccc1Br. The van der Waals surface area contributed by atoms with Crippen molar-refractivity contribution in [3.63, 3.8) is 0 Å². The molecule has 1 aliphatic rings. The summed E-state index contributed by atoms with van der Waals surface area (Å²) in [6.07, 6.45) is 3.88. The van der Waals surface area contributed by atoms with Crippen LogP contribution in [0.5, 0.6) is 0 Å². The van der Waals surface area contributed by atoms with Gasteiger partial charge in [0.15, 0.2) is 0 Å². The highest BCUT2D eigenvalue weighted by atomic mass is 79.9. The molecule has 1 fully saturated rings. The van der Waals surface area contributed by atoms with Crippen LogP contribution in [0, 0.1) is 5.82 Å². The fraction of sp³-hybridized carbons (Fsp3) is 0.500. The zero-order chi connectivity index (χ0) is 13.8. The Bertz CT molecular complexity index is 447. The van der Waals surface area contributed by atoms with Crippen molar-refractivity contribution in [2.24, 2.45) is 0 Å². The third kappa shape index (κ3) is 3.54. The van der Waals surface area contributed by atoms with E-state index in [0.29, 0.717) is 10.9 Å². The maximum Gasteiger partial charge on any atom is 0.255 e. The lowest BCUT2D eigenvalue weighted by Gasteiger charge is -2.22. The van der Waals surface area contributed by atoms with Gasteiger partial charge in [0, 0.05) is 4.47 Å². The van der Waals surface area contributed by atoms with Crippen LogP contribution in [0.3, 0.4) is 0 Å². The molecule has 1 aromatic carbocycles. The minimum atomic E-state index is -0.560. The smallest absolute Gasteiger partial charge is 0.255 e. The lowest BCUT2D eigenvalue weighted by molar-refractivity contribution is 0.0814. The molecule has 2 atom stereocenters. The Hall–Kier alpha value is -0.940. The second-order valence-electron chi connectivity index (χ2n) is 4.88. The summed E-state index contributed by atoms with van der Waals surface area (Å²) >= 11 is 3.18. The fourth-order valence-electron chi connectivity index (χ4n) is 2.41. The molecule has 1 aliphatic carbocycles. The number of aliphatic hydroxyl groups excluding tert-OH is 1. The molecule has 0 spiro atoms. The molecule has 2 N–H and O–H groups in total. The van der Waals surface area contributed by atoms with Gasteiger partial charge in [-0.2, -0.15) is 0 Å². The van der Waals surface area contributed by atoms with Crippen LogP contribution in [-0.4, -0.2) is 23.2 Å². The van der Waals surface area contributed by atoms with Gasteiger partial charge in [-0.3, -0.25) is 4.79 Å². The first kappa shape index (κ1) is 14.5. The van der Waals surface area contributed by atoms with Gasteiger partial charge in [0.2, 0.25) is 0 Å². The third-order valence-electron chi connectivity index (χ3n) is 3.49. The molecule has 5 heteroatoms. The first-order valence-electron chi connectivity index (χ1n) is 6.52. The summed E-state index contributed by atoms with van der Waals surface area (Å²) < 4.78 is 14.1. The molecule has 104 valence electrons. The highest BCUT2D eigenvalue weighted by molar-refractivity contribution is 9.10. The summed E-state index contributed by atoms with van der Waals surface area (Å²) in [5.74, 6) is -1.04. The van der Waals surface area contributed by atoms with Crippen molar-refractivity contribution < 1.29 is 14.3 Å². The van der Waals surface area contributed by atoms with Crippen molar-refractivity contribution in [2.45, 2.75) is 44.2 Å². The summed E-state index contributed by atoms with van der Waals surface area (Å²) in [4.78, 5) is 12.1. The Morgan fingerprint density at radius 2 is 2.05 bits per heavy atom. The third-order valence-corrected chi connectivity index (χ3v) is 4.15. The second kappa shape index (κ2) is 6.48. The molecular formula is C14H17BrFNO2. The Kier molecular flexibility index (Phi) is 4.93. The highest BCUT2D eigenvalue weighted by Crippen LogP contribution is 2.22. The number of aliphatic hydroxyl groups is 1. The number of hydrogen-bond acceptors (Lipinski definition) is 2. The zero-order valence-corrected chi connectivity index (χ0v) is 12.1. The van der Waals surface area contributed by atoms with Crippen LogP contribution in [-0.2, 0) is 0 Å². The van der Waals surface area contributed by atoms with Crippen molar-refractivity contribution in [1.29, 1.82) is 0 Å². The van der Waals surface area contributed by atoms with Crippen LogP contribution in [0.1, 0.15) is 42.5 Å². The topological polar surface area (TPSA) is 49.3 Å². The molecule has 0 aromatic heterocycles. The number of halogens is 2. The maximum atomic E-state index is 13.7. The molecular weight excluding hydrogens is 313 g/mol. The summed E-state index contributed by atoms with van der Waals surface area (Å²) in [6.45, 7) is 0. The first-order chi connectivity index (χ1) is 9.09. The molecule has 1 aromatic rings. The summed E-state index contributed by atoms with van der Waals surface area (Å²) in [5.41, 5.74) is -0.000975. The predicted octanol–water partition coefficient (Wildman–Crippen LogP) is 3.01. The van der Waals surface area contributed by atoms with Crippen LogP contribution in [0.2, 0.25) is 0 Å². The van der Waals surface area contributed by atoms with Crippen LogP contribution in [0.4, 0.5) is 4.39 Å². The molecule has 2 rings (SSSR count). The molecule has 0 aliphatic heterocycles. The number of amides is 1. The van der Waals surface area contributed by atoms with Crippen molar-refractivity contribution in [1.82, 2.24) is 5.32 Å². The van der Waals surface area contributed by atoms with Crippen molar-refractivity contribution in [3.8, 4) is 0 Å². The minimum Gasteiger partial charge on any atom is -0.391 e. The van der Waals surface area contributed by atoms with Crippen molar-refractivity contribution in [3.05, 3.63) is 34.1 Å². The number of nitrogens with one attached hydrogen (secondary N) is 1. The van der Waals surface area contributed by atoms with Gasteiger partial charge in [-0.15, -0.1) is 0 Å². The van der Waals surface area contributed by atoms with E-state index in [2.05, 4.69) is 21.2 Å². The minimum absolute atomic E-state index is 0.000975. The molecule has 0 saturated heterocycles. The fourth-order valence-corrected chi connectivity index (χ4v) is 2.93. The van der Waals surface area contributed by atoms with E-state index in [1.807, 2.05) is 0 Å². The zero-order valence-electron chi connectivity index (χ0n) is 10.5. The lowest BCUT2D eigenvalue weighted by Crippen LogP contribution is -2.43. The van der Waals surface area contributed by atoms with Gasteiger partial charge in [-0.05, 0) is 40.9 Å². The van der Waals surface area contributed by atoms with E-state index in [-0.39, 0.29) is 11.6 Å². The average Bonchev–Trinajstić information content (AvgIpc) is 2.55. The van der Waals surface area contributed by atoms with Gasteiger partial charge in [-0.1, -0.05) is 25.3 Å². The van der Waals surface area contributed by atoms with E-state index in [9.17, 15) is 14.3 Å². The molecule has 2 unspecified atom stereocenters. The van der Waals surface area contributed by atoms with Gasteiger partial charge in [0.25, 0.3) is 5.91 Å². The first-order valence-corrected chi connectivity index (χ1v) is 7.32. The van der Waals surface area contributed by atoms with E-state index in [1.54, 1.807) is 6.07 Å². The summed E-state index contributed by atoms with van der Waals surface area (Å²) in [5, 5.41) is 12.7. The van der Waals surface area contributed by atoms with Gasteiger partial charge in [0.05, 0.1) is 17.7 Å². The molecule has 0 bridgehead atoms. The quantitative estimate of drug-likeness (QED) is 0.819. The van der Waals surface area contributed by atoms with Crippen LogP contribution >= 0.6 is 15.9 Å². The Balaban J connectivity index is 2.12. The van der Waals surface area contributed by atoms with Crippen molar-refractivity contribution in [2.75, 3.05) is 0 Å². The Morgan fingerprint density at radius 1 is 1.32 bits per heavy atom. The van der Waals surface area contributed by atoms with Crippen LogP contribution in [0.15, 0.2) is 22.7 Å². The number of hydrogen-bond donors (Lipinski definition) is 2. The number of carbonyl (C=O) groups excluding carboxylic acids is 1. The van der Waals surface area contributed by atoms with Gasteiger partial charge in [-0.25, -0.2) is 4.39 Å². The van der Waals surface area contributed by atoms with Crippen molar-refractivity contribution >= 4 is 21.8 Å². The molecule has 1 saturated carbocycles. The number of rotatable bonds is 2. The maximum absolute atomic E-state index is 13.7. The summed E-state index contributed by atoms with van der Waals surface area (Å²) in [7, 11) is 0. The normalized spacial score (nSPS) is 23.7. The van der Waals surface area contributed by atoms with E-state index in [1.165, 1.54) is 12.1 Å². The van der Waals surface area contributed by atoms with Gasteiger partial charge in [0.1, 0.15) is 5.82 Å². The summed E-state index contributed by atoms with van der Waals surface area (Å²) in [6, 6.07) is 4.13. The van der Waals surface area contributed by atoms with Crippen LogP contribution in [0.25, 0.3) is 0 Å². The Morgan fingerprint density at radius 3 is 2.79 bits per heavy atom. The van der Waals surface area contributed by atoms with Gasteiger partial charge < -0.3 is 10.4 Å². The van der Waals surface area contributed by atoms with E-state index >= 15 is 0 Å². The molecule has 3 nitrogen and oxygen atoms in total. The lowest BCUT2D eigenvalue weighted by atomic mass is 10.1. The molecule has 1 amide bonds. The Labute approximate surface area is 120 Å². The molecule has 19 heavy (non-hydrogen) atoms. The van der Waals surface area contributed by atoms with E-state index in [0.717, 1.165) is 25.7 Å². The molecule has 0 heterocycles. The van der Waals surface area contributed by atoms with Crippen LogP contribution < -0.4 is 5.32 Å². The number of carbonyl (C=O) groups is 1.